The maximum Gasteiger partial charge on any atom is 0.0658 e. The van der Waals surface area contributed by atoms with E-state index in [0.29, 0.717) is 12.1 Å². The molecule has 3 nitrogen and oxygen atoms in total. The number of benzene rings is 1. The van der Waals surface area contributed by atoms with Crippen molar-refractivity contribution >= 4 is 0 Å². The second-order valence-electron chi connectivity index (χ2n) is 6.75. The molecule has 2 fully saturated rings. The van der Waals surface area contributed by atoms with Crippen LogP contribution in [0.4, 0.5) is 0 Å². The first-order chi connectivity index (χ1) is 10.9. The summed E-state index contributed by atoms with van der Waals surface area (Å²) in [6.07, 6.45) is 6.08. The van der Waals surface area contributed by atoms with Gasteiger partial charge in [-0.1, -0.05) is 42.0 Å². The lowest BCUT2D eigenvalue weighted by Crippen LogP contribution is -2.53. The summed E-state index contributed by atoms with van der Waals surface area (Å²) in [5.41, 5.74) is 3.08. The molecule has 22 heavy (non-hydrogen) atoms. The molecule has 0 saturated carbocycles. The maximum absolute atomic E-state index is 5.83. The summed E-state index contributed by atoms with van der Waals surface area (Å²) in [5.74, 6) is 0.746. The molecule has 0 amide bonds. The van der Waals surface area contributed by atoms with Gasteiger partial charge >= 0.3 is 0 Å². The van der Waals surface area contributed by atoms with Crippen molar-refractivity contribution in [1.29, 1.82) is 0 Å². The monoisotopic (exact) mass is 299 g/mol. The van der Waals surface area contributed by atoms with Gasteiger partial charge in [0, 0.05) is 25.8 Å². The molecule has 3 heterocycles. The molecule has 0 aliphatic carbocycles. The molecule has 3 heteroatoms. The fourth-order valence-corrected chi connectivity index (χ4v) is 4.11. The van der Waals surface area contributed by atoms with Gasteiger partial charge in [-0.25, -0.2) is 0 Å². The molecule has 4 rings (SSSR count). The van der Waals surface area contributed by atoms with Gasteiger partial charge in [-0.2, -0.15) is 0 Å². The molecule has 2 unspecified atom stereocenters. The zero-order valence-corrected chi connectivity index (χ0v) is 13.1. The first-order valence-electron chi connectivity index (χ1n) is 8.56. The second kappa shape index (κ2) is 6.53. The summed E-state index contributed by atoms with van der Waals surface area (Å²) in [7, 11) is 0. The highest BCUT2D eigenvalue weighted by Gasteiger charge is 2.36. The van der Waals surface area contributed by atoms with Crippen LogP contribution in [0.5, 0.6) is 0 Å². The lowest BCUT2D eigenvalue weighted by molar-refractivity contribution is -0.0464. The van der Waals surface area contributed by atoms with Crippen molar-refractivity contribution in [2.75, 3.05) is 26.4 Å². The second-order valence-corrected chi connectivity index (χ2v) is 6.75. The van der Waals surface area contributed by atoms with Crippen LogP contribution in [-0.4, -0.2) is 43.4 Å². The van der Waals surface area contributed by atoms with Crippen LogP contribution >= 0.6 is 0 Å². The molecule has 3 aliphatic rings. The molecular formula is C19H25NO2. The zero-order valence-electron chi connectivity index (χ0n) is 13.1. The minimum absolute atomic E-state index is 0.450. The molecule has 1 aromatic carbocycles. The largest absolute Gasteiger partial charge is 0.381 e. The Morgan fingerprint density at radius 3 is 2.59 bits per heavy atom. The first-order valence-corrected chi connectivity index (χ1v) is 8.56. The molecule has 1 aromatic rings. The van der Waals surface area contributed by atoms with E-state index in [4.69, 9.17) is 9.47 Å². The van der Waals surface area contributed by atoms with Crippen LogP contribution in [0.1, 0.15) is 24.8 Å². The Kier molecular flexibility index (Phi) is 4.28. The van der Waals surface area contributed by atoms with Crippen molar-refractivity contribution in [3.8, 4) is 0 Å². The molecule has 118 valence electrons. The van der Waals surface area contributed by atoms with E-state index in [1.807, 2.05) is 0 Å². The van der Waals surface area contributed by atoms with Crippen LogP contribution in [0.25, 0.3) is 0 Å². The summed E-state index contributed by atoms with van der Waals surface area (Å²) < 4.78 is 11.4. The standard InChI is InChI=1S/C19H25NO2/c1-2-4-15(5-3-1)12-20-18-10-17(11-19(20)14-22-13-18)16-6-8-21-9-7-16/h1-5,10,16,18-19H,6-9,11-14H2. The Hall–Kier alpha value is -1.16. The fraction of sp³-hybridized carbons (Fsp3) is 0.579. The third kappa shape index (κ3) is 2.98. The molecule has 2 atom stereocenters. The van der Waals surface area contributed by atoms with Crippen LogP contribution in [0.3, 0.4) is 0 Å². The summed E-state index contributed by atoms with van der Waals surface area (Å²) in [5, 5.41) is 0. The van der Waals surface area contributed by atoms with E-state index < -0.39 is 0 Å². The summed E-state index contributed by atoms with van der Waals surface area (Å²) in [4.78, 5) is 2.64. The van der Waals surface area contributed by atoms with Crippen molar-refractivity contribution in [3.05, 3.63) is 47.5 Å². The Labute approximate surface area is 132 Å². The highest BCUT2D eigenvalue weighted by atomic mass is 16.5. The number of hydrogen-bond donors (Lipinski definition) is 0. The van der Waals surface area contributed by atoms with Crippen molar-refractivity contribution < 1.29 is 9.47 Å². The maximum atomic E-state index is 5.83. The Morgan fingerprint density at radius 1 is 1.00 bits per heavy atom. The predicted molar refractivity (Wildman–Crippen MR) is 86.6 cm³/mol. The summed E-state index contributed by atoms with van der Waals surface area (Å²) >= 11 is 0. The molecule has 0 N–H and O–H groups in total. The SMILES string of the molecule is C1=C(C2CCOCC2)CC2COCC1N2Cc1ccccc1. The van der Waals surface area contributed by atoms with E-state index in [1.54, 1.807) is 5.57 Å². The van der Waals surface area contributed by atoms with E-state index in [2.05, 4.69) is 41.3 Å². The van der Waals surface area contributed by atoms with Gasteiger partial charge in [0.15, 0.2) is 0 Å². The normalized spacial score (nSPS) is 30.1. The smallest absolute Gasteiger partial charge is 0.0658 e. The third-order valence-corrected chi connectivity index (χ3v) is 5.33. The quantitative estimate of drug-likeness (QED) is 0.801. The molecular weight excluding hydrogens is 274 g/mol. The highest BCUT2D eigenvalue weighted by Crippen LogP contribution is 2.35. The lowest BCUT2D eigenvalue weighted by atomic mass is 9.82. The topological polar surface area (TPSA) is 21.7 Å². The van der Waals surface area contributed by atoms with E-state index in [1.165, 1.54) is 24.8 Å². The third-order valence-electron chi connectivity index (χ3n) is 5.33. The van der Waals surface area contributed by atoms with Crippen molar-refractivity contribution in [2.24, 2.45) is 5.92 Å². The average Bonchev–Trinajstić information content (AvgIpc) is 2.56. The van der Waals surface area contributed by atoms with Crippen LogP contribution in [0.15, 0.2) is 42.0 Å². The lowest BCUT2D eigenvalue weighted by Gasteiger charge is -2.46. The van der Waals surface area contributed by atoms with E-state index in [9.17, 15) is 0 Å². The number of morpholine rings is 1. The van der Waals surface area contributed by atoms with Gasteiger partial charge in [0.05, 0.1) is 19.3 Å². The Balaban J connectivity index is 1.51. The Bertz CT molecular complexity index is 521. The van der Waals surface area contributed by atoms with E-state index >= 15 is 0 Å². The van der Waals surface area contributed by atoms with Gasteiger partial charge in [-0.05, 0) is 30.7 Å². The number of hydrogen-bond acceptors (Lipinski definition) is 3. The number of ether oxygens (including phenoxy) is 2. The van der Waals surface area contributed by atoms with Gasteiger partial charge in [0.2, 0.25) is 0 Å². The van der Waals surface area contributed by atoms with Crippen molar-refractivity contribution in [2.45, 2.75) is 37.9 Å². The van der Waals surface area contributed by atoms with Crippen LogP contribution < -0.4 is 0 Å². The van der Waals surface area contributed by atoms with Crippen molar-refractivity contribution in [1.82, 2.24) is 4.90 Å². The predicted octanol–water partition coefficient (Wildman–Crippen LogP) is 3.01. The van der Waals surface area contributed by atoms with Gasteiger partial charge < -0.3 is 9.47 Å². The number of rotatable bonds is 3. The van der Waals surface area contributed by atoms with Gasteiger partial charge in [-0.15, -0.1) is 0 Å². The van der Waals surface area contributed by atoms with Crippen molar-refractivity contribution in [3.63, 3.8) is 0 Å². The fourth-order valence-electron chi connectivity index (χ4n) is 4.11. The summed E-state index contributed by atoms with van der Waals surface area (Å²) in [6.45, 7) is 4.63. The van der Waals surface area contributed by atoms with Crippen LogP contribution in [0.2, 0.25) is 0 Å². The van der Waals surface area contributed by atoms with E-state index in [0.717, 1.165) is 38.9 Å². The molecule has 2 bridgehead atoms. The van der Waals surface area contributed by atoms with Crippen LogP contribution in [0, 0.1) is 5.92 Å². The molecule has 0 aromatic heterocycles. The molecule has 3 aliphatic heterocycles. The number of fused-ring (bicyclic) bond motifs is 2. The highest BCUT2D eigenvalue weighted by molar-refractivity contribution is 5.21. The minimum Gasteiger partial charge on any atom is -0.381 e. The minimum atomic E-state index is 0.450. The molecule has 0 radical (unpaired) electrons. The van der Waals surface area contributed by atoms with Gasteiger partial charge in [0.1, 0.15) is 0 Å². The molecule has 0 spiro atoms. The van der Waals surface area contributed by atoms with Gasteiger partial charge in [-0.3, -0.25) is 4.90 Å². The molecule has 2 saturated heterocycles. The summed E-state index contributed by atoms with van der Waals surface area (Å²) in [6, 6.07) is 11.8. The Morgan fingerprint density at radius 2 is 1.82 bits per heavy atom. The zero-order chi connectivity index (χ0) is 14.8. The van der Waals surface area contributed by atoms with Crippen LogP contribution in [-0.2, 0) is 16.0 Å². The van der Waals surface area contributed by atoms with Gasteiger partial charge in [0.25, 0.3) is 0 Å². The number of nitrogens with zero attached hydrogens (tertiary/aromatic N) is 1. The van der Waals surface area contributed by atoms with E-state index in [-0.39, 0.29) is 0 Å². The first kappa shape index (κ1) is 14.4. The average molecular weight is 299 g/mol.